The number of aliphatic carboxylic acids is 1. The van der Waals surface area contributed by atoms with Crippen molar-refractivity contribution in [3.05, 3.63) is 111 Å². The molecule has 1 aromatic heterocycles. The molecule has 1 aliphatic rings. The van der Waals surface area contributed by atoms with Crippen LogP contribution in [0.4, 0.5) is 0 Å². The van der Waals surface area contributed by atoms with Crippen LogP contribution in [-0.4, -0.2) is 96.3 Å². The third-order valence-corrected chi connectivity index (χ3v) is 12.0. The quantitative estimate of drug-likeness (QED) is 0.129. The molecule has 14 heteroatoms. The van der Waals surface area contributed by atoms with E-state index in [9.17, 15) is 28.7 Å². The van der Waals surface area contributed by atoms with E-state index in [1.807, 2.05) is 12.1 Å². The second-order valence-corrected chi connectivity index (χ2v) is 16.9. The maximum Gasteiger partial charge on any atom is 0.326 e. The van der Waals surface area contributed by atoms with Crippen LogP contribution in [-0.2, 0) is 40.9 Å². The van der Waals surface area contributed by atoms with Crippen LogP contribution in [0.2, 0.25) is 5.02 Å². The number of likely N-dealkylation sites (N-methyl/N-ethyl adjacent to an activating group) is 1. The average Bonchev–Trinajstić information content (AvgIpc) is 3.17. The fraction of sp³-hybridized carbons (Fsp3) is 0.390. The summed E-state index contributed by atoms with van der Waals surface area (Å²) >= 11 is 6.74. The molecule has 0 bridgehead atoms. The van der Waals surface area contributed by atoms with Gasteiger partial charge in [-0.3, -0.25) is 15.1 Å². The molecule has 0 aliphatic carbocycles. The van der Waals surface area contributed by atoms with Crippen molar-refractivity contribution < 1.29 is 32.9 Å². The van der Waals surface area contributed by atoms with E-state index in [0.29, 0.717) is 46.3 Å². The number of nitrogens with zero attached hydrogens (tertiary/aromatic N) is 4. The number of nitriles is 1. The number of aromatic nitrogens is 1. The van der Waals surface area contributed by atoms with Gasteiger partial charge < -0.3 is 29.5 Å². The Morgan fingerprint density at radius 2 is 1.65 bits per heavy atom. The third kappa shape index (κ3) is 10.8. The van der Waals surface area contributed by atoms with Gasteiger partial charge in [0.15, 0.2) is 9.84 Å². The molecule has 12 nitrogen and oxygen atoms in total. The number of nitrogens with one attached hydrogen (secondary N) is 1. The van der Waals surface area contributed by atoms with E-state index >= 15 is 0 Å². The maximum atomic E-state index is 11.8. The molecular weight excluding hydrogens is 742 g/mol. The number of aliphatic hydroxyl groups excluding tert-OH is 1. The summed E-state index contributed by atoms with van der Waals surface area (Å²) in [5.74, 6) is -0.000454. The normalized spacial score (nSPS) is 15.3. The van der Waals surface area contributed by atoms with Gasteiger partial charge in [0.25, 0.3) is 0 Å². The Bertz CT molecular complexity index is 2150. The smallest absolute Gasteiger partial charge is 0.326 e. The van der Waals surface area contributed by atoms with Crippen molar-refractivity contribution in [1.82, 2.24) is 20.1 Å². The lowest BCUT2D eigenvalue weighted by atomic mass is 9.91. The highest BCUT2D eigenvalue weighted by Crippen LogP contribution is 2.36. The lowest BCUT2D eigenvalue weighted by Gasteiger charge is -2.28. The van der Waals surface area contributed by atoms with Gasteiger partial charge in [-0.25, -0.2) is 8.42 Å². The lowest BCUT2D eigenvalue weighted by Crippen LogP contribution is -2.52. The molecule has 0 amide bonds. The van der Waals surface area contributed by atoms with Crippen LogP contribution in [0.3, 0.4) is 0 Å². The van der Waals surface area contributed by atoms with Gasteiger partial charge in [0.2, 0.25) is 0 Å². The molecule has 4 aromatic rings. The van der Waals surface area contributed by atoms with E-state index in [1.54, 1.807) is 24.4 Å². The second-order valence-electron chi connectivity index (χ2n) is 14.2. The fourth-order valence-corrected chi connectivity index (χ4v) is 7.84. The number of carboxylic acids is 1. The van der Waals surface area contributed by atoms with Gasteiger partial charge in [0, 0.05) is 68.9 Å². The summed E-state index contributed by atoms with van der Waals surface area (Å²) in [5, 5.41) is 31.9. The second kappa shape index (κ2) is 18.4. The van der Waals surface area contributed by atoms with Crippen molar-refractivity contribution in [1.29, 1.82) is 5.26 Å². The van der Waals surface area contributed by atoms with Crippen LogP contribution in [0.15, 0.2) is 67.0 Å². The number of sulfone groups is 1. The Kier molecular flexibility index (Phi) is 13.9. The van der Waals surface area contributed by atoms with E-state index < -0.39 is 28.0 Å². The minimum Gasteiger partial charge on any atom is -0.488 e. The first-order chi connectivity index (χ1) is 26.2. The van der Waals surface area contributed by atoms with Gasteiger partial charge >= 0.3 is 5.97 Å². The number of carbonyl (C=O) groups is 1. The highest BCUT2D eigenvalue weighted by molar-refractivity contribution is 7.91. The number of aliphatic hydroxyl groups is 1. The van der Waals surface area contributed by atoms with Gasteiger partial charge in [-0.1, -0.05) is 48.0 Å². The van der Waals surface area contributed by atoms with Gasteiger partial charge in [-0.05, 0) is 73.3 Å². The van der Waals surface area contributed by atoms with Gasteiger partial charge in [0.1, 0.15) is 36.3 Å². The zero-order chi connectivity index (χ0) is 39.8. The highest BCUT2D eigenvalue weighted by atomic mass is 35.5. The number of hydrogen-bond donors (Lipinski definition) is 3. The Morgan fingerprint density at radius 1 is 1.00 bits per heavy atom. The summed E-state index contributed by atoms with van der Waals surface area (Å²) in [7, 11) is -0.809. The molecule has 3 N–H and O–H groups in total. The summed E-state index contributed by atoms with van der Waals surface area (Å²) in [4.78, 5) is 20.4. The van der Waals surface area contributed by atoms with Gasteiger partial charge in [0.05, 0.1) is 28.7 Å². The molecule has 55 heavy (non-hydrogen) atoms. The van der Waals surface area contributed by atoms with E-state index in [0.717, 1.165) is 41.9 Å². The molecule has 0 unspecified atom stereocenters. The van der Waals surface area contributed by atoms with Crippen molar-refractivity contribution in [2.24, 2.45) is 0 Å². The predicted molar refractivity (Wildman–Crippen MR) is 212 cm³/mol. The van der Waals surface area contributed by atoms with E-state index in [-0.39, 0.29) is 31.3 Å². The zero-order valence-corrected chi connectivity index (χ0v) is 33.2. The van der Waals surface area contributed by atoms with Crippen LogP contribution < -0.4 is 14.8 Å². The SMILES string of the molecule is Cc1c(COc2cc(OCc3cncc(C#N)c3)c(CN[C@@](C)(CO)C(=O)O)cc2Cl)cccc1-c1cccc(CN(C)CCN2CCS(=O)(=O)CC2)c1C. The molecule has 0 saturated carbocycles. The number of carboxylic acid groups (broad SMARTS) is 1. The molecule has 5 rings (SSSR count). The number of hydrogen-bond acceptors (Lipinski definition) is 11. The van der Waals surface area contributed by atoms with Crippen LogP contribution in [0.1, 0.15) is 45.9 Å². The summed E-state index contributed by atoms with van der Waals surface area (Å²) in [6.45, 7) is 8.87. The van der Waals surface area contributed by atoms with Crippen LogP contribution in [0.25, 0.3) is 11.1 Å². The summed E-state index contributed by atoms with van der Waals surface area (Å²) < 4.78 is 36.1. The Labute approximate surface area is 328 Å². The third-order valence-electron chi connectivity index (χ3n) is 10.1. The van der Waals surface area contributed by atoms with E-state index in [1.165, 1.54) is 24.2 Å². The van der Waals surface area contributed by atoms with Crippen molar-refractivity contribution in [3.8, 4) is 28.7 Å². The van der Waals surface area contributed by atoms with E-state index in [2.05, 4.69) is 71.3 Å². The molecule has 292 valence electrons. The Balaban J connectivity index is 1.32. The van der Waals surface area contributed by atoms with Crippen molar-refractivity contribution in [3.63, 3.8) is 0 Å². The van der Waals surface area contributed by atoms with Crippen molar-refractivity contribution in [2.75, 3.05) is 51.3 Å². The number of ether oxygens (including phenoxy) is 2. The largest absolute Gasteiger partial charge is 0.488 e. The molecule has 1 fully saturated rings. The topological polar surface area (TPSA) is 165 Å². The monoisotopic (exact) mass is 789 g/mol. The van der Waals surface area contributed by atoms with Crippen LogP contribution in [0.5, 0.6) is 11.5 Å². The first kappa shape index (κ1) is 41.6. The Hall–Kier alpha value is -4.55. The molecule has 3 aromatic carbocycles. The van der Waals surface area contributed by atoms with Crippen LogP contribution >= 0.6 is 11.6 Å². The standard InChI is InChI=1S/C41H48ClN5O7S/c1-28-32(24-46(4)11-12-47-13-15-55(51,52)16-14-47)7-5-9-35(28)36-10-6-8-33(29(36)2)26-54-39-19-38(53-25-31-17-30(20-43)21-44-22-31)34(18-37(39)42)23-45-41(3,27-48)40(49)50/h5-10,17-19,21-22,45,48H,11-16,23-27H2,1-4H3,(H,49,50)/t41-/m0/s1. The minimum absolute atomic E-state index is 0.0232. The molecule has 1 aliphatic heterocycles. The molecule has 0 spiro atoms. The minimum atomic E-state index is -2.90. The molecular formula is C41H48ClN5O7S. The number of halogens is 1. The molecule has 0 radical (unpaired) electrons. The number of rotatable bonds is 17. The van der Waals surface area contributed by atoms with Crippen LogP contribution in [0, 0.1) is 25.2 Å². The zero-order valence-electron chi connectivity index (χ0n) is 31.6. The maximum absolute atomic E-state index is 11.8. The first-order valence-corrected chi connectivity index (χ1v) is 20.2. The van der Waals surface area contributed by atoms with Gasteiger partial charge in [-0.2, -0.15) is 5.26 Å². The summed E-state index contributed by atoms with van der Waals surface area (Å²) in [6, 6.07) is 19.5. The first-order valence-electron chi connectivity index (χ1n) is 18.0. The number of benzene rings is 3. The molecule has 1 atom stereocenters. The molecule has 1 saturated heterocycles. The molecule has 2 heterocycles. The summed E-state index contributed by atoms with van der Waals surface area (Å²) in [6.07, 6.45) is 3.05. The summed E-state index contributed by atoms with van der Waals surface area (Å²) in [5.41, 5.74) is 6.65. The van der Waals surface area contributed by atoms with E-state index in [4.69, 9.17) is 21.1 Å². The van der Waals surface area contributed by atoms with Crippen molar-refractivity contribution >= 4 is 27.4 Å². The fourth-order valence-electron chi connectivity index (χ4n) is 6.33. The highest BCUT2D eigenvalue weighted by Gasteiger charge is 2.32. The lowest BCUT2D eigenvalue weighted by molar-refractivity contribution is -0.145. The number of pyridine rings is 1. The predicted octanol–water partition coefficient (Wildman–Crippen LogP) is 5.14. The van der Waals surface area contributed by atoms with Crippen molar-refractivity contribution in [2.45, 2.75) is 52.6 Å². The average molecular weight is 790 g/mol. The Morgan fingerprint density at radius 3 is 2.31 bits per heavy atom. The van der Waals surface area contributed by atoms with Gasteiger partial charge in [-0.15, -0.1) is 0 Å².